The molecule has 0 saturated carbocycles. The van der Waals surface area contributed by atoms with Crippen LogP contribution in [0.25, 0.3) is 0 Å². The standard InChI is InChI=1S/C16H23NO2/c1-16(2,15(18)19-3)12-17-10-6-9-13-7-4-5-8-14(13)11-17/h4-5,7-8H,6,9-12H2,1-3H3. The Balaban J connectivity index is 2.09. The smallest absolute Gasteiger partial charge is 0.312 e. The van der Waals surface area contributed by atoms with E-state index in [1.54, 1.807) is 0 Å². The van der Waals surface area contributed by atoms with Crippen molar-refractivity contribution in [1.82, 2.24) is 4.90 Å². The molecule has 0 aliphatic carbocycles. The van der Waals surface area contributed by atoms with Gasteiger partial charge in [0.25, 0.3) is 0 Å². The third-order valence-corrected chi connectivity index (χ3v) is 3.79. The zero-order valence-electron chi connectivity index (χ0n) is 12.1. The molecule has 2 rings (SSSR count). The molecule has 1 aromatic rings. The number of nitrogens with zero attached hydrogens (tertiary/aromatic N) is 1. The van der Waals surface area contributed by atoms with Crippen molar-refractivity contribution >= 4 is 5.97 Å². The predicted octanol–water partition coefficient (Wildman–Crippen LogP) is 2.63. The molecule has 3 nitrogen and oxygen atoms in total. The van der Waals surface area contributed by atoms with Crippen LogP contribution in [-0.2, 0) is 22.5 Å². The maximum Gasteiger partial charge on any atom is 0.312 e. The Morgan fingerprint density at radius 2 is 2.00 bits per heavy atom. The molecule has 1 aromatic carbocycles. The summed E-state index contributed by atoms with van der Waals surface area (Å²) in [6.07, 6.45) is 2.28. The third kappa shape index (κ3) is 3.35. The summed E-state index contributed by atoms with van der Waals surface area (Å²) in [4.78, 5) is 14.2. The van der Waals surface area contributed by atoms with Crippen LogP contribution in [0.4, 0.5) is 0 Å². The molecule has 1 aliphatic heterocycles. The van der Waals surface area contributed by atoms with Crippen molar-refractivity contribution in [3.63, 3.8) is 0 Å². The molecule has 0 aromatic heterocycles. The highest BCUT2D eigenvalue weighted by atomic mass is 16.5. The van der Waals surface area contributed by atoms with Gasteiger partial charge >= 0.3 is 5.97 Å². The number of benzene rings is 1. The Bertz CT molecular complexity index is 454. The molecule has 0 radical (unpaired) electrons. The van der Waals surface area contributed by atoms with Crippen LogP contribution in [0.3, 0.4) is 0 Å². The van der Waals surface area contributed by atoms with Gasteiger partial charge in [-0.05, 0) is 44.4 Å². The first-order chi connectivity index (χ1) is 9.03. The van der Waals surface area contributed by atoms with E-state index in [0.29, 0.717) is 0 Å². The molecule has 1 heterocycles. The lowest BCUT2D eigenvalue weighted by atomic mass is 9.92. The topological polar surface area (TPSA) is 29.5 Å². The maximum atomic E-state index is 11.8. The van der Waals surface area contributed by atoms with Gasteiger partial charge in [-0.1, -0.05) is 24.3 Å². The lowest BCUT2D eigenvalue weighted by Crippen LogP contribution is -2.39. The van der Waals surface area contributed by atoms with Crippen molar-refractivity contribution in [3.8, 4) is 0 Å². The molecule has 0 N–H and O–H groups in total. The van der Waals surface area contributed by atoms with Gasteiger partial charge in [0.05, 0.1) is 12.5 Å². The van der Waals surface area contributed by atoms with Gasteiger partial charge in [0.2, 0.25) is 0 Å². The van der Waals surface area contributed by atoms with E-state index in [1.807, 2.05) is 13.8 Å². The number of carbonyl (C=O) groups excluding carboxylic acids is 1. The Kier molecular flexibility index (Phi) is 4.25. The fourth-order valence-corrected chi connectivity index (χ4v) is 2.80. The average molecular weight is 261 g/mol. The van der Waals surface area contributed by atoms with E-state index < -0.39 is 5.41 Å². The van der Waals surface area contributed by atoms with E-state index >= 15 is 0 Å². The van der Waals surface area contributed by atoms with Gasteiger partial charge in [-0.3, -0.25) is 9.69 Å². The van der Waals surface area contributed by atoms with E-state index in [2.05, 4.69) is 29.2 Å². The molecule has 1 aliphatic rings. The van der Waals surface area contributed by atoms with E-state index in [9.17, 15) is 4.79 Å². The predicted molar refractivity (Wildman–Crippen MR) is 75.8 cm³/mol. The Hall–Kier alpha value is -1.35. The van der Waals surface area contributed by atoms with Crippen LogP contribution in [0, 0.1) is 5.41 Å². The average Bonchev–Trinajstić information content (AvgIpc) is 2.58. The zero-order chi connectivity index (χ0) is 13.9. The van der Waals surface area contributed by atoms with Crippen molar-refractivity contribution in [2.75, 3.05) is 20.2 Å². The summed E-state index contributed by atoms with van der Waals surface area (Å²) in [7, 11) is 1.46. The van der Waals surface area contributed by atoms with Gasteiger partial charge in [-0.15, -0.1) is 0 Å². The molecule has 0 atom stereocenters. The summed E-state index contributed by atoms with van der Waals surface area (Å²) in [5, 5.41) is 0. The number of carbonyl (C=O) groups is 1. The summed E-state index contributed by atoms with van der Waals surface area (Å²) in [6.45, 7) is 6.62. The molecule has 3 heteroatoms. The van der Waals surface area contributed by atoms with Crippen molar-refractivity contribution < 1.29 is 9.53 Å². The number of esters is 1. The zero-order valence-corrected chi connectivity index (χ0v) is 12.1. The summed E-state index contributed by atoms with van der Waals surface area (Å²) in [5.41, 5.74) is 2.38. The summed E-state index contributed by atoms with van der Waals surface area (Å²) in [5.74, 6) is -0.134. The second-order valence-corrected chi connectivity index (χ2v) is 5.96. The first-order valence-electron chi connectivity index (χ1n) is 6.90. The number of aryl methyl sites for hydroxylation is 1. The van der Waals surface area contributed by atoms with Crippen LogP contribution in [0.5, 0.6) is 0 Å². The molecule has 0 bridgehead atoms. The number of hydrogen-bond acceptors (Lipinski definition) is 3. The lowest BCUT2D eigenvalue weighted by molar-refractivity contribution is -0.151. The molecule has 0 saturated heterocycles. The van der Waals surface area contributed by atoms with E-state index in [1.165, 1.54) is 18.2 Å². The van der Waals surface area contributed by atoms with Crippen LogP contribution in [0.15, 0.2) is 24.3 Å². The Morgan fingerprint density at radius 3 is 2.68 bits per heavy atom. The highest BCUT2D eigenvalue weighted by Crippen LogP contribution is 2.24. The third-order valence-electron chi connectivity index (χ3n) is 3.79. The summed E-state index contributed by atoms with van der Waals surface area (Å²) >= 11 is 0. The normalized spacial score (nSPS) is 16.6. The molecule has 0 spiro atoms. The monoisotopic (exact) mass is 261 g/mol. The number of fused-ring (bicyclic) bond motifs is 1. The molecule has 0 fully saturated rings. The summed E-state index contributed by atoms with van der Waals surface area (Å²) < 4.78 is 4.89. The number of rotatable bonds is 3. The minimum atomic E-state index is -0.450. The second-order valence-electron chi connectivity index (χ2n) is 5.96. The van der Waals surface area contributed by atoms with Gasteiger partial charge in [0, 0.05) is 13.1 Å². The second kappa shape index (κ2) is 5.74. The fraction of sp³-hybridized carbons (Fsp3) is 0.562. The largest absolute Gasteiger partial charge is 0.469 e. The van der Waals surface area contributed by atoms with E-state index in [-0.39, 0.29) is 5.97 Å². The number of hydrogen-bond donors (Lipinski definition) is 0. The van der Waals surface area contributed by atoms with E-state index in [0.717, 1.165) is 32.5 Å². The minimum Gasteiger partial charge on any atom is -0.469 e. The quantitative estimate of drug-likeness (QED) is 0.783. The van der Waals surface area contributed by atoms with Gasteiger partial charge in [0.15, 0.2) is 0 Å². The van der Waals surface area contributed by atoms with Gasteiger partial charge in [-0.2, -0.15) is 0 Å². The molecule has 0 amide bonds. The Labute approximate surface area is 115 Å². The van der Waals surface area contributed by atoms with Crippen LogP contribution < -0.4 is 0 Å². The Morgan fingerprint density at radius 1 is 1.32 bits per heavy atom. The molecule has 0 unspecified atom stereocenters. The van der Waals surface area contributed by atoms with Crippen molar-refractivity contribution in [2.45, 2.75) is 33.2 Å². The maximum absolute atomic E-state index is 11.8. The fourth-order valence-electron chi connectivity index (χ4n) is 2.80. The molecular weight excluding hydrogens is 238 g/mol. The lowest BCUT2D eigenvalue weighted by Gasteiger charge is -2.29. The van der Waals surface area contributed by atoms with Gasteiger partial charge < -0.3 is 4.74 Å². The molecule has 104 valence electrons. The first-order valence-corrected chi connectivity index (χ1v) is 6.90. The number of ether oxygens (including phenoxy) is 1. The molecular formula is C16H23NO2. The van der Waals surface area contributed by atoms with Crippen LogP contribution in [-0.4, -0.2) is 31.1 Å². The highest BCUT2D eigenvalue weighted by Gasteiger charge is 2.31. The van der Waals surface area contributed by atoms with E-state index in [4.69, 9.17) is 4.74 Å². The highest BCUT2D eigenvalue weighted by molar-refractivity contribution is 5.76. The van der Waals surface area contributed by atoms with Crippen molar-refractivity contribution in [2.24, 2.45) is 5.41 Å². The van der Waals surface area contributed by atoms with Crippen LogP contribution >= 0.6 is 0 Å². The first kappa shape index (κ1) is 14.1. The summed E-state index contributed by atoms with van der Waals surface area (Å²) in [6, 6.07) is 8.60. The van der Waals surface area contributed by atoms with Gasteiger partial charge in [-0.25, -0.2) is 0 Å². The van der Waals surface area contributed by atoms with Crippen LogP contribution in [0.1, 0.15) is 31.4 Å². The van der Waals surface area contributed by atoms with Gasteiger partial charge in [0.1, 0.15) is 0 Å². The van der Waals surface area contributed by atoms with Crippen LogP contribution in [0.2, 0.25) is 0 Å². The number of methoxy groups -OCH3 is 1. The minimum absolute atomic E-state index is 0.134. The molecule has 19 heavy (non-hydrogen) atoms. The SMILES string of the molecule is COC(=O)C(C)(C)CN1CCCc2ccccc2C1. The van der Waals surface area contributed by atoms with Crippen molar-refractivity contribution in [1.29, 1.82) is 0 Å². The van der Waals surface area contributed by atoms with Crippen molar-refractivity contribution in [3.05, 3.63) is 35.4 Å².